The third-order valence-corrected chi connectivity index (χ3v) is 8.66. The zero-order valence-electron chi connectivity index (χ0n) is 35.0. The molecule has 5 nitrogen and oxygen atoms in total. The Kier molecular flexibility index (Phi) is 22.5. The minimum Gasteiger partial charge on any atom is -0.504 e. The summed E-state index contributed by atoms with van der Waals surface area (Å²) in [5, 5.41) is 0. The van der Waals surface area contributed by atoms with Gasteiger partial charge < -0.3 is 23.7 Å². The number of hydrogen-bond donors (Lipinski definition) is 0. The number of methoxy groups -OCH3 is 1. The van der Waals surface area contributed by atoms with Crippen molar-refractivity contribution in [2.75, 3.05) is 26.9 Å². The molecule has 0 aromatic heterocycles. The Morgan fingerprint density at radius 1 is 0.410 bits per heavy atom. The largest absolute Gasteiger partial charge is 0.504 e. The Bertz CT molecular complexity index is 2170. The zero-order valence-corrected chi connectivity index (χ0v) is 35.0. The molecule has 0 N–H and O–H groups in total. The molecule has 0 aliphatic carbocycles. The van der Waals surface area contributed by atoms with Crippen LogP contribution in [0.3, 0.4) is 0 Å². The van der Waals surface area contributed by atoms with Crippen LogP contribution in [0.1, 0.15) is 22.3 Å². The van der Waals surface area contributed by atoms with E-state index in [0.717, 1.165) is 45.6 Å². The van der Waals surface area contributed by atoms with Gasteiger partial charge in [-0.1, -0.05) is 213 Å². The van der Waals surface area contributed by atoms with Gasteiger partial charge in [-0.05, 0) is 45.5 Å². The van der Waals surface area contributed by atoms with Gasteiger partial charge >= 0.3 is 0 Å². The number of hydrogen-bond acceptors (Lipinski definition) is 5. The maximum atomic E-state index is 6.11. The van der Waals surface area contributed by atoms with Gasteiger partial charge in [0.05, 0.1) is 38.8 Å². The Morgan fingerprint density at radius 3 is 1.31 bits per heavy atom. The summed E-state index contributed by atoms with van der Waals surface area (Å²) in [6.07, 6.45) is 11.1. The monoisotopic (exact) mass is 808 g/mol. The second-order valence-corrected chi connectivity index (χ2v) is 13.0. The van der Waals surface area contributed by atoms with Crippen LogP contribution in [0.5, 0.6) is 5.75 Å². The first-order chi connectivity index (χ1) is 30.2. The van der Waals surface area contributed by atoms with Crippen LogP contribution in [0.4, 0.5) is 0 Å². The van der Waals surface area contributed by atoms with E-state index in [1.165, 1.54) is 23.7 Å². The van der Waals surface area contributed by atoms with Crippen molar-refractivity contribution >= 4 is 12.2 Å². The summed E-state index contributed by atoms with van der Waals surface area (Å²) in [6, 6.07) is 67.3. The molecule has 0 saturated heterocycles. The van der Waals surface area contributed by atoms with Gasteiger partial charge in [0.2, 0.25) is 0 Å². The van der Waals surface area contributed by atoms with Crippen LogP contribution >= 0.6 is 0 Å². The molecule has 0 bridgehead atoms. The Labute approximate surface area is 363 Å². The normalized spacial score (nSPS) is 10.0. The van der Waals surface area contributed by atoms with Crippen molar-refractivity contribution in [3.8, 4) is 28.0 Å². The van der Waals surface area contributed by atoms with Crippen molar-refractivity contribution in [3.05, 3.63) is 261 Å². The molecule has 7 aromatic carbocycles. The molecule has 0 aliphatic rings. The first-order valence-corrected chi connectivity index (χ1v) is 20.2. The minimum absolute atomic E-state index is 0.468. The van der Waals surface area contributed by atoms with Crippen LogP contribution in [0.2, 0.25) is 0 Å². The topological polar surface area (TPSA) is 46.2 Å². The Hall–Kier alpha value is -7.50. The van der Waals surface area contributed by atoms with Gasteiger partial charge in [-0.3, -0.25) is 0 Å². The van der Waals surface area contributed by atoms with Crippen molar-refractivity contribution in [1.82, 2.24) is 0 Å². The highest BCUT2D eigenvalue weighted by molar-refractivity contribution is 5.82. The number of para-hydroxylation sites is 1. The summed E-state index contributed by atoms with van der Waals surface area (Å²) in [5.74, 6) is 0.877. The summed E-state index contributed by atoms with van der Waals surface area (Å²) in [6.45, 7) is 9.30. The standard InChI is InChI=1S/C22H20O2.C15H14O.C10H12O.C9H10O/c1-2-23-16-17-24-22-20(18-10-5-3-6-11-18)14-9-15-21(22)19-12-7-4-8-13-19;1-3-7-14(8-4-1)11-12-16-13-15-9-5-2-6-10-15;1-2-11-9-8-10-6-4-3-5-7-10;1-10-8-7-9-5-3-2-4-6-9/h2-15H,1,16-17H2;1-12H,13H2;2-7H,1,8-9H2;2-8H,1H3. The summed E-state index contributed by atoms with van der Waals surface area (Å²) in [5.41, 5.74) is 9.21. The van der Waals surface area contributed by atoms with Gasteiger partial charge in [0.1, 0.15) is 25.6 Å². The average molecular weight is 809 g/mol. The first kappa shape index (κ1) is 46.2. The van der Waals surface area contributed by atoms with Crippen molar-refractivity contribution in [3.63, 3.8) is 0 Å². The van der Waals surface area contributed by atoms with Crippen LogP contribution < -0.4 is 4.74 Å². The van der Waals surface area contributed by atoms with Gasteiger partial charge in [0, 0.05) is 17.5 Å². The third kappa shape index (κ3) is 18.8. The van der Waals surface area contributed by atoms with Crippen LogP contribution in [-0.4, -0.2) is 26.9 Å². The molecule has 0 unspecified atom stereocenters. The molecule has 7 aromatic rings. The number of benzene rings is 7. The van der Waals surface area contributed by atoms with E-state index in [0.29, 0.717) is 26.4 Å². The maximum Gasteiger partial charge on any atom is 0.135 e. The van der Waals surface area contributed by atoms with E-state index in [-0.39, 0.29) is 0 Å². The Morgan fingerprint density at radius 2 is 0.836 bits per heavy atom. The molecular formula is C56H56O5. The highest BCUT2D eigenvalue weighted by Crippen LogP contribution is 2.39. The van der Waals surface area contributed by atoms with E-state index in [9.17, 15) is 0 Å². The predicted molar refractivity (Wildman–Crippen MR) is 254 cm³/mol. The second-order valence-electron chi connectivity index (χ2n) is 13.0. The lowest BCUT2D eigenvalue weighted by Crippen LogP contribution is -2.05. The summed E-state index contributed by atoms with van der Waals surface area (Å²) in [4.78, 5) is 0. The second kappa shape index (κ2) is 29.7. The van der Waals surface area contributed by atoms with Gasteiger partial charge in [-0.2, -0.15) is 0 Å². The first-order valence-electron chi connectivity index (χ1n) is 20.2. The van der Waals surface area contributed by atoms with Crippen LogP contribution in [0, 0.1) is 0 Å². The molecule has 0 atom stereocenters. The van der Waals surface area contributed by atoms with E-state index in [1.54, 1.807) is 19.6 Å². The molecule has 0 spiro atoms. The lowest BCUT2D eigenvalue weighted by molar-refractivity contribution is 0.180. The quantitative estimate of drug-likeness (QED) is 0.0677. The van der Waals surface area contributed by atoms with E-state index in [1.807, 2.05) is 146 Å². The lowest BCUT2D eigenvalue weighted by Gasteiger charge is -2.16. The van der Waals surface area contributed by atoms with Crippen molar-refractivity contribution in [2.24, 2.45) is 0 Å². The SMILES string of the molecule is C(=Cc1ccccc1)OCc1ccccc1.C=COCCOc1c(-c2ccccc2)cccc1-c1ccccc1.C=COCCc1ccccc1.COC=Cc1ccccc1. The van der Waals surface area contributed by atoms with Gasteiger partial charge in [0.25, 0.3) is 0 Å². The number of ether oxygens (including phenoxy) is 5. The fourth-order valence-corrected chi connectivity index (χ4v) is 5.68. The van der Waals surface area contributed by atoms with E-state index < -0.39 is 0 Å². The molecule has 0 amide bonds. The minimum atomic E-state index is 0.468. The highest BCUT2D eigenvalue weighted by Gasteiger charge is 2.13. The average Bonchev–Trinajstić information content (AvgIpc) is 3.34. The van der Waals surface area contributed by atoms with Gasteiger partial charge in [-0.25, -0.2) is 0 Å². The summed E-state index contributed by atoms with van der Waals surface area (Å²) < 4.78 is 26.5. The summed E-state index contributed by atoms with van der Waals surface area (Å²) >= 11 is 0. The molecule has 61 heavy (non-hydrogen) atoms. The fraction of sp³-hybridized carbons (Fsp3) is 0.107. The molecule has 5 heteroatoms. The maximum absolute atomic E-state index is 6.11. The van der Waals surface area contributed by atoms with Crippen molar-refractivity contribution < 1.29 is 23.7 Å². The highest BCUT2D eigenvalue weighted by atomic mass is 16.5. The number of rotatable bonds is 17. The molecule has 7 rings (SSSR count). The van der Waals surface area contributed by atoms with E-state index in [2.05, 4.69) is 79.9 Å². The molecule has 0 fully saturated rings. The molecule has 0 aliphatic heterocycles. The lowest BCUT2D eigenvalue weighted by atomic mass is 9.97. The third-order valence-electron chi connectivity index (χ3n) is 8.66. The van der Waals surface area contributed by atoms with Gasteiger partial charge in [0.15, 0.2) is 0 Å². The molecule has 310 valence electrons. The van der Waals surface area contributed by atoms with Crippen LogP contribution in [0.25, 0.3) is 34.4 Å². The predicted octanol–water partition coefficient (Wildman–Crippen LogP) is 14.1. The fourth-order valence-electron chi connectivity index (χ4n) is 5.68. The molecule has 0 heterocycles. The van der Waals surface area contributed by atoms with E-state index >= 15 is 0 Å². The zero-order chi connectivity index (χ0) is 42.8. The van der Waals surface area contributed by atoms with E-state index in [4.69, 9.17) is 23.7 Å². The van der Waals surface area contributed by atoms with Crippen LogP contribution in [0.15, 0.2) is 238 Å². The summed E-state index contributed by atoms with van der Waals surface area (Å²) in [7, 11) is 1.64. The molecular weight excluding hydrogens is 753 g/mol. The molecule has 0 saturated carbocycles. The smallest absolute Gasteiger partial charge is 0.135 e. The Balaban J connectivity index is 0.000000192. The van der Waals surface area contributed by atoms with Crippen molar-refractivity contribution in [2.45, 2.75) is 13.0 Å². The van der Waals surface area contributed by atoms with Crippen molar-refractivity contribution in [1.29, 1.82) is 0 Å². The van der Waals surface area contributed by atoms with Crippen LogP contribution in [-0.2, 0) is 32.0 Å². The van der Waals surface area contributed by atoms with Gasteiger partial charge in [-0.15, -0.1) is 0 Å². The molecule has 0 radical (unpaired) electrons.